The fourth-order valence-corrected chi connectivity index (χ4v) is 2.73. The lowest BCUT2D eigenvalue weighted by molar-refractivity contribution is 0.0874. The van der Waals surface area contributed by atoms with Crippen LogP contribution in [0.1, 0.15) is 16.6 Å². The summed E-state index contributed by atoms with van der Waals surface area (Å²) in [5, 5.41) is 3.56. The van der Waals surface area contributed by atoms with Gasteiger partial charge in [-0.3, -0.25) is 4.79 Å². The molecule has 0 radical (unpaired) electrons. The second kappa shape index (κ2) is 6.87. The van der Waals surface area contributed by atoms with Gasteiger partial charge in [-0.25, -0.2) is 4.98 Å². The molecule has 0 aliphatic carbocycles. The molecule has 0 bridgehead atoms. The molecular weight excluding hydrogens is 280 g/mol. The Kier molecular flexibility index (Phi) is 5.16. The van der Waals surface area contributed by atoms with Crippen molar-refractivity contribution in [2.24, 2.45) is 0 Å². The van der Waals surface area contributed by atoms with E-state index in [1.54, 1.807) is 7.11 Å². The molecule has 0 aromatic carbocycles. The third-order valence-corrected chi connectivity index (χ3v) is 4.21. The van der Waals surface area contributed by atoms with E-state index in [9.17, 15) is 4.79 Å². The number of hydrogen-bond acceptors (Lipinski definition) is 7. The molecule has 0 spiro atoms. The first-order valence-electron chi connectivity index (χ1n) is 6.51. The Morgan fingerprint density at radius 2 is 2.30 bits per heavy atom. The van der Waals surface area contributed by atoms with Gasteiger partial charge in [0.25, 0.3) is 5.91 Å². The molecule has 1 unspecified atom stereocenters. The SMILES string of the molecule is COC(C)CNC(=O)c1sc(N2CCOCC2)nc1N. The van der Waals surface area contributed by atoms with Crippen LogP contribution in [0.25, 0.3) is 0 Å². The van der Waals surface area contributed by atoms with Gasteiger partial charge in [0.05, 0.1) is 19.3 Å². The molecule has 3 N–H and O–H groups in total. The van der Waals surface area contributed by atoms with Gasteiger partial charge in [0.1, 0.15) is 10.7 Å². The van der Waals surface area contributed by atoms with E-state index in [1.807, 2.05) is 6.92 Å². The fraction of sp³-hybridized carbons (Fsp3) is 0.667. The van der Waals surface area contributed by atoms with Gasteiger partial charge in [-0.15, -0.1) is 0 Å². The quantitative estimate of drug-likeness (QED) is 0.814. The normalized spacial score (nSPS) is 17.0. The van der Waals surface area contributed by atoms with Gasteiger partial charge in [-0.2, -0.15) is 0 Å². The number of carbonyl (C=O) groups excluding carboxylic acids is 1. The number of aromatic nitrogens is 1. The predicted octanol–water partition coefficient (Wildman–Crippen LogP) is 0.327. The molecule has 2 heterocycles. The van der Waals surface area contributed by atoms with Crippen molar-refractivity contribution in [1.29, 1.82) is 0 Å². The summed E-state index contributed by atoms with van der Waals surface area (Å²) in [5.74, 6) is 0.0717. The summed E-state index contributed by atoms with van der Waals surface area (Å²) in [7, 11) is 1.61. The zero-order chi connectivity index (χ0) is 14.5. The van der Waals surface area contributed by atoms with E-state index in [1.165, 1.54) is 11.3 Å². The minimum Gasteiger partial charge on any atom is -0.382 e. The van der Waals surface area contributed by atoms with Crippen LogP contribution >= 0.6 is 11.3 Å². The maximum atomic E-state index is 12.1. The van der Waals surface area contributed by atoms with Crippen molar-refractivity contribution in [3.63, 3.8) is 0 Å². The van der Waals surface area contributed by atoms with Gasteiger partial charge in [-0.1, -0.05) is 11.3 Å². The Morgan fingerprint density at radius 3 is 2.95 bits per heavy atom. The summed E-state index contributed by atoms with van der Waals surface area (Å²) in [4.78, 5) is 18.9. The van der Waals surface area contributed by atoms with Crippen molar-refractivity contribution in [3.8, 4) is 0 Å². The molecule has 20 heavy (non-hydrogen) atoms. The smallest absolute Gasteiger partial charge is 0.265 e. The van der Waals surface area contributed by atoms with E-state index in [2.05, 4.69) is 15.2 Å². The molecule has 1 saturated heterocycles. The van der Waals surface area contributed by atoms with Crippen molar-refractivity contribution < 1.29 is 14.3 Å². The molecule has 1 amide bonds. The molecule has 1 aromatic rings. The Bertz CT molecular complexity index is 460. The Hall–Kier alpha value is -1.38. The van der Waals surface area contributed by atoms with E-state index < -0.39 is 0 Å². The lowest BCUT2D eigenvalue weighted by Crippen LogP contribution is -2.36. The average Bonchev–Trinajstić information content (AvgIpc) is 2.87. The van der Waals surface area contributed by atoms with Crippen LogP contribution in [0.5, 0.6) is 0 Å². The lowest BCUT2D eigenvalue weighted by atomic mass is 10.4. The van der Waals surface area contributed by atoms with E-state index in [0.29, 0.717) is 24.6 Å². The van der Waals surface area contributed by atoms with Gasteiger partial charge >= 0.3 is 0 Å². The number of morpholine rings is 1. The number of methoxy groups -OCH3 is 1. The Morgan fingerprint density at radius 1 is 1.60 bits per heavy atom. The van der Waals surface area contributed by atoms with Crippen LogP contribution in [0, 0.1) is 0 Å². The Labute approximate surface area is 122 Å². The summed E-state index contributed by atoms with van der Waals surface area (Å²) >= 11 is 1.31. The minimum absolute atomic E-state index is 0.0354. The molecule has 1 atom stereocenters. The number of anilines is 2. The average molecular weight is 300 g/mol. The summed E-state index contributed by atoms with van der Waals surface area (Å²) in [6.07, 6.45) is -0.0354. The van der Waals surface area contributed by atoms with Crippen LogP contribution in [0.3, 0.4) is 0 Å². The number of nitrogens with one attached hydrogen (secondary N) is 1. The zero-order valence-electron chi connectivity index (χ0n) is 11.7. The highest BCUT2D eigenvalue weighted by atomic mass is 32.1. The topological polar surface area (TPSA) is 89.7 Å². The first kappa shape index (κ1) is 15.0. The van der Waals surface area contributed by atoms with Crippen molar-refractivity contribution in [1.82, 2.24) is 10.3 Å². The third kappa shape index (κ3) is 3.59. The van der Waals surface area contributed by atoms with Crippen LogP contribution in [-0.4, -0.2) is 57.0 Å². The first-order valence-corrected chi connectivity index (χ1v) is 7.33. The van der Waals surface area contributed by atoms with Crippen LogP contribution in [-0.2, 0) is 9.47 Å². The number of hydrogen-bond donors (Lipinski definition) is 2. The van der Waals surface area contributed by atoms with E-state index in [-0.39, 0.29) is 17.8 Å². The van der Waals surface area contributed by atoms with E-state index >= 15 is 0 Å². The standard InChI is InChI=1S/C12H20N4O3S/c1-8(18-2)7-14-11(17)9-10(13)15-12(20-9)16-3-5-19-6-4-16/h8H,3-7,13H2,1-2H3,(H,14,17). The second-order valence-corrected chi connectivity index (χ2v) is 5.54. The number of nitrogens with two attached hydrogens (primary N) is 1. The van der Waals surface area contributed by atoms with Gasteiger partial charge in [0.2, 0.25) is 0 Å². The molecule has 2 rings (SSSR count). The fourth-order valence-electron chi connectivity index (χ4n) is 1.77. The van der Waals surface area contributed by atoms with E-state index in [4.69, 9.17) is 15.2 Å². The van der Waals surface area contributed by atoms with Gasteiger partial charge < -0.3 is 25.4 Å². The van der Waals surface area contributed by atoms with Crippen molar-refractivity contribution in [3.05, 3.63) is 4.88 Å². The molecule has 0 saturated carbocycles. The van der Waals surface area contributed by atoms with Crippen LogP contribution < -0.4 is 16.0 Å². The van der Waals surface area contributed by atoms with E-state index in [0.717, 1.165) is 18.2 Å². The number of rotatable bonds is 5. The van der Waals surface area contributed by atoms with Gasteiger partial charge in [0.15, 0.2) is 5.13 Å². The lowest BCUT2D eigenvalue weighted by Gasteiger charge is -2.25. The summed E-state index contributed by atoms with van der Waals surface area (Å²) in [6.45, 7) is 5.22. The molecule has 1 aromatic heterocycles. The number of carbonyl (C=O) groups is 1. The monoisotopic (exact) mass is 300 g/mol. The number of ether oxygens (including phenoxy) is 2. The number of nitrogens with zero attached hydrogens (tertiary/aromatic N) is 2. The van der Waals surface area contributed by atoms with Crippen molar-refractivity contribution in [2.45, 2.75) is 13.0 Å². The molecule has 1 fully saturated rings. The highest BCUT2D eigenvalue weighted by Gasteiger charge is 2.21. The molecule has 7 nitrogen and oxygen atoms in total. The van der Waals surface area contributed by atoms with Crippen molar-refractivity contribution in [2.75, 3.05) is 50.6 Å². The minimum atomic E-state index is -0.205. The number of amides is 1. The van der Waals surface area contributed by atoms with Crippen LogP contribution in [0.4, 0.5) is 10.9 Å². The van der Waals surface area contributed by atoms with Gasteiger partial charge in [0, 0.05) is 26.7 Å². The zero-order valence-corrected chi connectivity index (χ0v) is 12.5. The van der Waals surface area contributed by atoms with Crippen molar-refractivity contribution >= 4 is 28.2 Å². The summed E-state index contributed by atoms with van der Waals surface area (Å²) in [6, 6.07) is 0. The largest absolute Gasteiger partial charge is 0.382 e. The number of thiazole rings is 1. The third-order valence-electron chi connectivity index (χ3n) is 3.08. The maximum Gasteiger partial charge on any atom is 0.265 e. The highest BCUT2D eigenvalue weighted by Crippen LogP contribution is 2.28. The summed E-state index contributed by atoms with van der Waals surface area (Å²) < 4.78 is 10.4. The molecule has 1 aliphatic heterocycles. The second-order valence-electron chi connectivity index (χ2n) is 4.57. The Balaban J connectivity index is 2.01. The molecule has 1 aliphatic rings. The molecule has 8 heteroatoms. The maximum absolute atomic E-state index is 12.1. The highest BCUT2D eigenvalue weighted by molar-refractivity contribution is 7.18. The van der Waals surface area contributed by atoms with Gasteiger partial charge in [-0.05, 0) is 6.92 Å². The number of nitrogen functional groups attached to an aromatic ring is 1. The van der Waals surface area contributed by atoms with Crippen LogP contribution in [0.15, 0.2) is 0 Å². The van der Waals surface area contributed by atoms with Crippen LogP contribution in [0.2, 0.25) is 0 Å². The molecule has 112 valence electrons. The predicted molar refractivity (Wildman–Crippen MR) is 78.4 cm³/mol. The summed E-state index contributed by atoms with van der Waals surface area (Å²) in [5.41, 5.74) is 5.84. The first-order chi connectivity index (χ1) is 9.61. The molecular formula is C12H20N4O3S.